The summed E-state index contributed by atoms with van der Waals surface area (Å²) < 4.78 is 1.68. The van der Waals surface area contributed by atoms with Crippen LogP contribution in [0.4, 0.5) is 0 Å². The third-order valence-corrected chi connectivity index (χ3v) is 4.41. The molecule has 0 bridgehead atoms. The molecule has 0 fully saturated rings. The van der Waals surface area contributed by atoms with Crippen molar-refractivity contribution in [1.82, 2.24) is 20.1 Å². The second-order valence-electron chi connectivity index (χ2n) is 5.63. The molecule has 0 unspecified atom stereocenters. The quantitative estimate of drug-likeness (QED) is 0.734. The minimum absolute atomic E-state index is 0.0999. The van der Waals surface area contributed by atoms with Gasteiger partial charge in [0.1, 0.15) is 12.7 Å². The third-order valence-electron chi connectivity index (χ3n) is 3.82. The van der Waals surface area contributed by atoms with Crippen molar-refractivity contribution >= 4 is 29.1 Å². The average Bonchev–Trinajstić information content (AvgIpc) is 3.12. The molecule has 0 aliphatic heterocycles. The minimum Gasteiger partial charge on any atom is -0.349 e. The van der Waals surface area contributed by atoms with E-state index < -0.39 is 0 Å². The van der Waals surface area contributed by atoms with Gasteiger partial charge in [-0.2, -0.15) is 5.10 Å². The Morgan fingerprint density at radius 2 is 1.96 bits per heavy atom. The van der Waals surface area contributed by atoms with Crippen LogP contribution in [0, 0.1) is 0 Å². The first-order chi connectivity index (χ1) is 12.0. The molecule has 0 radical (unpaired) electrons. The summed E-state index contributed by atoms with van der Waals surface area (Å²) in [6, 6.07) is 12.8. The number of nitrogens with one attached hydrogen (secondary N) is 1. The largest absolute Gasteiger partial charge is 0.349 e. The molecule has 7 heteroatoms. The molecule has 1 N–H and O–H groups in total. The van der Waals surface area contributed by atoms with Gasteiger partial charge in [-0.15, -0.1) is 0 Å². The Morgan fingerprint density at radius 1 is 1.20 bits per heavy atom. The van der Waals surface area contributed by atoms with Crippen LogP contribution in [0.25, 0.3) is 5.69 Å². The second-order valence-corrected chi connectivity index (χ2v) is 6.48. The van der Waals surface area contributed by atoms with Crippen LogP contribution in [0.5, 0.6) is 0 Å². The molecular formula is C18H16Cl2N4O. The maximum atomic E-state index is 12.3. The summed E-state index contributed by atoms with van der Waals surface area (Å²) in [5, 5.41) is 8.10. The van der Waals surface area contributed by atoms with Gasteiger partial charge in [0.25, 0.3) is 0 Å². The Hall–Kier alpha value is -2.37. The molecule has 1 aromatic heterocycles. The van der Waals surface area contributed by atoms with Crippen molar-refractivity contribution in [3.05, 3.63) is 76.3 Å². The van der Waals surface area contributed by atoms with E-state index in [1.54, 1.807) is 29.2 Å². The predicted octanol–water partition coefficient (Wildman–Crippen LogP) is 3.99. The zero-order valence-electron chi connectivity index (χ0n) is 13.5. The van der Waals surface area contributed by atoms with Crippen LogP contribution in [0.3, 0.4) is 0 Å². The highest BCUT2D eigenvalue weighted by atomic mass is 35.5. The Morgan fingerprint density at radius 3 is 2.60 bits per heavy atom. The number of carbonyl (C=O) groups excluding carboxylic acids is 1. The smallest absolute Gasteiger partial charge is 0.224 e. The summed E-state index contributed by atoms with van der Waals surface area (Å²) in [6.45, 7) is 1.94. The van der Waals surface area contributed by atoms with Crippen molar-refractivity contribution in [2.45, 2.75) is 19.4 Å². The van der Waals surface area contributed by atoms with Gasteiger partial charge in [0, 0.05) is 10.0 Å². The highest BCUT2D eigenvalue weighted by molar-refractivity contribution is 6.35. The van der Waals surface area contributed by atoms with E-state index >= 15 is 0 Å². The van der Waals surface area contributed by atoms with E-state index in [4.69, 9.17) is 23.2 Å². The Labute approximate surface area is 155 Å². The Balaban J connectivity index is 1.63. The van der Waals surface area contributed by atoms with Crippen LogP contribution >= 0.6 is 23.2 Å². The molecular weight excluding hydrogens is 359 g/mol. The van der Waals surface area contributed by atoms with E-state index in [-0.39, 0.29) is 18.4 Å². The fourth-order valence-electron chi connectivity index (χ4n) is 2.47. The number of halogens is 2. The topological polar surface area (TPSA) is 59.8 Å². The van der Waals surface area contributed by atoms with Gasteiger partial charge in [0.15, 0.2) is 0 Å². The molecule has 128 valence electrons. The fourth-order valence-corrected chi connectivity index (χ4v) is 2.95. The number of hydrogen-bond donors (Lipinski definition) is 1. The lowest BCUT2D eigenvalue weighted by Crippen LogP contribution is -2.28. The molecule has 0 saturated heterocycles. The van der Waals surface area contributed by atoms with Crippen LogP contribution in [0.15, 0.2) is 55.1 Å². The molecule has 1 atom stereocenters. The minimum atomic E-state index is -0.122. The molecule has 0 spiro atoms. The Kier molecular flexibility index (Phi) is 5.36. The molecule has 0 aliphatic carbocycles. The highest BCUT2D eigenvalue weighted by Crippen LogP contribution is 2.22. The summed E-state index contributed by atoms with van der Waals surface area (Å²) in [5.74, 6) is -0.0999. The number of aromatic nitrogens is 3. The summed E-state index contributed by atoms with van der Waals surface area (Å²) in [7, 11) is 0. The monoisotopic (exact) mass is 374 g/mol. The first-order valence-electron chi connectivity index (χ1n) is 7.71. The number of benzene rings is 2. The zero-order valence-corrected chi connectivity index (χ0v) is 15.0. The van der Waals surface area contributed by atoms with Crippen LogP contribution in [-0.4, -0.2) is 20.7 Å². The Bertz CT molecular complexity index is 863. The lowest BCUT2D eigenvalue weighted by atomic mass is 10.1. The molecule has 3 rings (SSSR count). The SMILES string of the molecule is C[C@H](NC(=O)Cc1ccc(Cl)cc1Cl)c1ccc(-n2cncn2)cc1. The summed E-state index contributed by atoms with van der Waals surface area (Å²) in [6.07, 6.45) is 3.33. The summed E-state index contributed by atoms with van der Waals surface area (Å²) in [4.78, 5) is 16.2. The molecule has 5 nitrogen and oxygen atoms in total. The van der Waals surface area contributed by atoms with E-state index in [2.05, 4.69) is 15.4 Å². The molecule has 1 amide bonds. The lowest BCUT2D eigenvalue weighted by molar-refractivity contribution is -0.121. The van der Waals surface area contributed by atoms with Gasteiger partial charge in [0.05, 0.1) is 18.2 Å². The second kappa shape index (κ2) is 7.68. The van der Waals surface area contributed by atoms with Gasteiger partial charge in [-0.3, -0.25) is 4.79 Å². The first kappa shape index (κ1) is 17.5. The first-order valence-corrected chi connectivity index (χ1v) is 8.47. The molecule has 25 heavy (non-hydrogen) atoms. The van der Waals surface area contributed by atoms with Gasteiger partial charge >= 0.3 is 0 Å². The molecule has 1 heterocycles. The van der Waals surface area contributed by atoms with Crippen LogP contribution < -0.4 is 5.32 Å². The van der Waals surface area contributed by atoms with Crippen LogP contribution in [-0.2, 0) is 11.2 Å². The summed E-state index contributed by atoms with van der Waals surface area (Å²) >= 11 is 12.0. The van der Waals surface area contributed by atoms with Gasteiger partial charge in [-0.25, -0.2) is 9.67 Å². The number of amides is 1. The number of nitrogens with zero attached hydrogens (tertiary/aromatic N) is 3. The third kappa shape index (κ3) is 4.38. The lowest BCUT2D eigenvalue weighted by Gasteiger charge is -2.15. The highest BCUT2D eigenvalue weighted by Gasteiger charge is 2.12. The van der Waals surface area contributed by atoms with Crippen molar-refractivity contribution in [3.8, 4) is 5.69 Å². The van der Waals surface area contributed by atoms with Crippen LogP contribution in [0.1, 0.15) is 24.1 Å². The number of carbonyl (C=O) groups is 1. The van der Waals surface area contributed by atoms with Gasteiger partial charge in [0.2, 0.25) is 5.91 Å². The van der Waals surface area contributed by atoms with E-state index in [0.717, 1.165) is 16.8 Å². The fraction of sp³-hybridized carbons (Fsp3) is 0.167. The summed E-state index contributed by atoms with van der Waals surface area (Å²) in [5.41, 5.74) is 2.66. The van der Waals surface area contributed by atoms with E-state index in [9.17, 15) is 4.79 Å². The molecule has 0 saturated carbocycles. The van der Waals surface area contributed by atoms with Gasteiger partial charge in [-0.1, -0.05) is 41.4 Å². The van der Waals surface area contributed by atoms with Crippen molar-refractivity contribution in [1.29, 1.82) is 0 Å². The number of hydrogen-bond acceptors (Lipinski definition) is 3. The van der Waals surface area contributed by atoms with Crippen molar-refractivity contribution < 1.29 is 4.79 Å². The van der Waals surface area contributed by atoms with Crippen molar-refractivity contribution in [3.63, 3.8) is 0 Å². The maximum absolute atomic E-state index is 12.3. The number of rotatable bonds is 5. The van der Waals surface area contributed by atoms with Crippen molar-refractivity contribution in [2.24, 2.45) is 0 Å². The van der Waals surface area contributed by atoms with E-state index in [1.807, 2.05) is 31.2 Å². The van der Waals surface area contributed by atoms with E-state index in [0.29, 0.717) is 10.0 Å². The maximum Gasteiger partial charge on any atom is 0.224 e. The van der Waals surface area contributed by atoms with E-state index in [1.165, 1.54) is 6.33 Å². The standard InChI is InChI=1S/C18H16Cl2N4O/c1-12(13-3-6-16(7-4-13)24-11-21-10-22-24)23-18(25)8-14-2-5-15(19)9-17(14)20/h2-7,9-12H,8H2,1H3,(H,23,25)/t12-/m0/s1. The predicted molar refractivity (Wildman–Crippen MR) is 98.1 cm³/mol. The van der Waals surface area contributed by atoms with Crippen molar-refractivity contribution in [2.75, 3.05) is 0 Å². The zero-order chi connectivity index (χ0) is 17.8. The van der Waals surface area contributed by atoms with Crippen LogP contribution in [0.2, 0.25) is 10.0 Å². The van der Waals surface area contributed by atoms with Gasteiger partial charge < -0.3 is 5.32 Å². The molecule has 2 aromatic carbocycles. The van der Waals surface area contributed by atoms with Gasteiger partial charge in [-0.05, 0) is 42.3 Å². The average molecular weight is 375 g/mol. The molecule has 3 aromatic rings. The normalized spacial score (nSPS) is 12.0. The molecule has 0 aliphatic rings.